The number of nitrogens with one attached hydrogen (secondary N) is 3. The first-order valence-electron chi connectivity index (χ1n) is 12.2. The average Bonchev–Trinajstić information content (AvgIpc) is 3.35. The number of rotatable bonds is 6. The molecule has 0 atom stereocenters. The molecule has 2 aliphatic rings. The fraction of sp³-hybridized carbons (Fsp3) is 0.400. The second kappa shape index (κ2) is 10.8. The molecule has 2 aromatic heterocycles. The van der Waals surface area contributed by atoms with E-state index in [-0.39, 0.29) is 25.1 Å². The summed E-state index contributed by atoms with van der Waals surface area (Å²) in [5.74, 6) is -0.395. The highest BCUT2D eigenvalue weighted by atomic mass is 19.1. The van der Waals surface area contributed by atoms with Crippen molar-refractivity contribution >= 4 is 18.0 Å². The van der Waals surface area contributed by atoms with Crippen LogP contribution in [0, 0.1) is 11.2 Å². The van der Waals surface area contributed by atoms with Gasteiger partial charge in [0.1, 0.15) is 11.2 Å². The molecule has 0 spiro atoms. The Kier molecular flexibility index (Phi) is 7.31. The van der Waals surface area contributed by atoms with Crippen LogP contribution in [-0.4, -0.2) is 64.3 Å². The van der Waals surface area contributed by atoms with Crippen LogP contribution in [0.25, 0.3) is 22.6 Å². The lowest BCUT2D eigenvalue weighted by Crippen LogP contribution is -2.45. The van der Waals surface area contributed by atoms with Crippen LogP contribution in [-0.2, 0) is 19.0 Å². The second-order valence-electron chi connectivity index (χ2n) is 9.51. The molecule has 4 heterocycles. The van der Waals surface area contributed by atoms with Crippen molar-refractivity contribution in [1.29, 1.82) is 0 Å². The van der Waals surface area contributed by atoms with Gasteiger partial charge in [0.05, 0.1) is 30.3 Å². The zero-order chi connectivity index (χ0) is 26.7. The van der Waals surface area contributed by atoms with E-state index in [9.17, 15) is 14.0 Å². The number of carbonyl (C=O) groups is 2. The first kappa shape index (κ1) is 25.7. The molecule has 0 saturated carbocycles. The Morgan fingerprint density at radius 2 is 1.84 bits per heavy atom. The summed E-state index contributed by atoms with van der Waals surface area (Å²) in [4.78, 5) is 40.2. The number of imidazole rings is 1. The van der Waals surface area contributed by atoms with Crippen LogP contribution >= 0.6 is 0 Å². The number of halogens is 1. The van der Waals surface area contributed by atoms with Crippen molar-refractivity contribution in [1.82, 2.24) is 25.3 Å². The molecule has 13 heteroatoms. The Bertz CT molecular complexity index is 1300. The van der Waals surface area contributed by atoms with Gasteiger partial charge in [-0.2, -0.15) is 0 Å². The summed E-state index contributed by atoms with van der Waals surface area (Å²) >= 11 is 0. The molecular formula is C25H28FN7O5. The Balaban J connectivity index is 1.42. The standard InChI is InChI=1S/C25H28FN7O5/c1-25(22(34)38-23(27)35)12-36-21(37-13-25)20-32-18(14-2-4-15(26)5-3-14)19(33-20)17-8-11-29-24(31-17)30-16-6-9-28-10-7-16/h2-5,8,11,16,21,28H,6-7,9-10,12-13H2,1H3,(H2,27,35)(H,32,33)(H,29,30,31). The number of hydrogen-bond donors (Lipinski definition) is 4. The Morgan fingerprint density at radius 1 is 1.13 bits per heavy atom. The summed E-state index contributed by atoms with van der Waals surface area (Å²) in [5.41, 5.74) is 6.04. The third-order valence-corrected chi connectivity index (χ3v) is 6.44. The number of hydrogen-bond acceptors (Lipinski definition) is 10. The number of anilines is 1. The maximum atomic E-state index is 13.6. The van der Waals surface area contributed by atoms with Crippen molar-refractivity contribution in [3.05, 3.63) is 48.2 Å². The normalized spacial score (nSPS) is 22.1. The van der Waals surface area contributed by atoms with Crippen molar-refractivity contribution in [2.75, 3.05) is 31.6 Å². The van der Waals surface area contributed by atoms with E-state index in [2.05, 4.69) is 30.3 Å². The van der Waals surface area contributed by atoms with E-state index in [1.165, 1.54) is 12.1 Å². The Labute approximate surface area is 217 Å². The molecule has 1 amide bonds. The fourth-order valence-corrected chi connectivity index (χ4v) is 4.32. The van der Waals surface area contributed by atoms with Gasteiger partial charge in [-0.05, 0) is 63.2 Å². The maximum absolute atomic E-state index is 13.6. The van der Waals surface area contributed by atoms with Crippen molar-refractivity contribution < 1.29 is 28.2 Å². The van der Waals surface area contributed by atoms with Crippen molar-refractivity contribution in [2.45, 2.75) is 32.1 Å². The second-order valence-corrected chi connectivity index (χ2v) is 9.51. The molecule has 5 N–H and O–H groups in total. The van der Waals surface area contributed by atoms with Gasteiger partial charge in [-0.3, -0.25) is 4.79 Å². The highest BCUT2D eigenvalue weighted by Gasteiger charge is 2.43. The van der Waals surface area contributed by atoms with Crippen molar-refractivity contribution in [3.63, 3.8) is 0 Å². The predicted molar refractivity (Wildman–Crippen MR) is 133 cm³/mol. The summed E-state index contributed by atoms with van der Waals surface area (Å²) in [6, 6.07) is 7.95. The van der Waals surface area contributed by atoms with Gasteiger partial charge in [0, 0.05) is 17.8 Å². The topological polar surface area (TPSA) is 166 Å². The van der Waals surface area contributed by atoms with Crippen LogP contribution in [0.5, 0.6) is 0 Å². The number of nitrogens with two attached hydrogens (primary N) is 1. The van der Waals surface area contributed by atoms with Crippen LogP contribution in [0.2, 0.25) is 0 Å². The number of ether oxygens (including phenoxy) is 3. The first-order chi connectivity index (χ1) is 18.3. The lowest BCUT2D eigenvalue weighted by atomic mass is 9.92. The number of nitrogens with zero attached hydrogens (tertiary/aromatic N) is 3. The predicted octanol–water partition coefficient (Wildman–Crippen LogP) is 2.51. The highest BCUT2D eigenvalue weighted by molar-refractivity contribution is 5.87. The number of carbonyl (C=O) groups excluding carboxylic acids is 2. The number of benzene rings is 1. The van der Waals surface area contributed by atoms with Gasteiger partial charge >= 0.3 is 12.1 Å². The molecule has 0 bridgehead atoms. The van der Waals surface area contributed by atoms with Crippen LogP contribution in [0.1, 0.15) is 31.9 Å². The van der Waals surface area contributed by atoms with Crippen molar-refractivity contribution in [2.24, 2.45) is 11.1 Å². The Hall–Kier alpha value is -3.94. The summed E-state index contributed by atoms with van der Waals surface area (Å²) < 4.78 is 29.7. The molecule has 38 heavy (non-hydrogen) atoms. The lowest BCUT2D eigenvalue weighted by molar-refractivity contribution is -0.236. The van der Waals surface area contributed by atoms with Gasteiger partial charge in [-0.15, -0.1) is 0 Å². The van der Waals surface area contributed by atoms with Crippen LogP contribution in [0.3, 0.4) is 0 Å². The monoisotopic (exact) mass is 525 g/mol. The quantitative estimate of drug-likeness (QED) is 0.277. The minimum Gasteiger partial charge on any atom is -0.376 e. The average molecular weight is 526 g/mol. The third kappa shape index (κ3) is 5.64. The SMILES string of the molecule is CC1(C(=O)OC(N)=O)COC(c2nc(-c3ccc(F)cc3)c(-c3ccnc(NC4CCNCC4)n3)[nH]2)OC1. The van der Waals surface area contributed by atoms with E-state index < -0.39 is 23.8 Å². The number of piperidine rings is 1. The number of esters is 1. The Morgan fingerprint density at radius 3 is 2.53 bits per heavy atom. The molecule has 0 unspecified atom stereocenters. The van der Waals surface area contributed by atoms with E-state index in [1.54, 1.807) is 31.3 Å². The zero-order valence-electron chi connectivity index (χ0n) is 20.7. The summed E-state index contributed by atoms with van der Waals surface area (Å²) in [7, 11) is 0. The highest BCUT2D eigenvalue weighted by Crippen LogP contribution is 2.36. The van der Waals surface area contributed by atoms with E-state index in [1.807, 2.05) is 0 Å². The van der Waals surface area contributed by atoms with Gasteiger partial charge in [0.25, 0.3) is 0 Å². The molecule has 2 aliphatic heterocycles. The molecule has 2 saturated heterocycles. The van der Waals surface area contributed by atoms with E-state index in [0.717, 1.165) is 25.9 Å². The molecule has 5 rings (SSSR count). The fourth-order valence-electron chi connectivity index (χ4n) is 4.32. The van der Waals surface area contributed by atoms with E-state index in [0.29, 0.717) is 34.4 Å². The largest absolute Gasteiger partial charge is 0.412 e. The zero-order valence-corrected chi connectivity index (χ0v) is 20.7. The minimum absolute atomic E-state index is 0.0937. The molecular weight excluding hydrogens is 497 g/mol. The smallest absolute Gasteiger partial charge is 0.376 e. The number of amides is 1. The molecule has 3 aromatic rings. The molecule has 2 fully saturated rings. The molecule has 12 nitrogen and oxygen atoms in total. The summed E-state index contributed by atoms with van der Waals surface area (Å²) in [5, 5.41) is 6.72. The van der Waals surface area contributed by atoms with Gasteiger partial charge < -0.3 is 35.6 Å². The number of primary amides is 1. The summed E-state index contributed by atoms with van der Waals surface area (Å²) in [6.45, 7) is 3.21. The number of H-pyrrole nitrogens is 1. The molecule has 200 valence electrons. The molecule has 0 radical (unpaired) electrons. The minimum atomic E-state index is -1.22. The van der Waals surface area contributed by atoms with Gasteiger partial charge in [-0.1, -0.05) is 0 Å². The van der Waals surface area contributed by atoms with Gasteiger partial charge in [0.15, 0.2) is 5.82 Å². The maximum Gasteiger partial charge on any atom is 0.412 e. The van der Waals surface area contributed by atoms with Crippen LogP contribution in [0.4, 0.5) is 15.1 Å². The number of aromatic amines is 1. The summed E-state index contributed by atoms with van der Waals surface area (Å²) in [6.07, 6.45) is 1.45. The van der Waals surface area contributed by atoms with E-state index in [4.69, 9.17) is 20.2 Å². The van der Waals surface area contributed by atoms with Gasteiger partial charge in [-0.25, -0.2) is 24.1 Å². The van der Waals surface area contributed by atoms with Crippen LogP contribution in [0.15, 0.2) is 36.5 Å². The van der Waals surface area contributed by atoms with Crippen LogP contribution < -0.4 is 16.4 Å². The molecule has 1 aromatic carbocycles. The third-order valence-electron chi connectivity index (χ3n) is 6.44. The number of aromatic nitrogens is 4. The first-order valence-corrected chi connectivity index (χ1v) is 12.2. The molecule has 0 aliphatic carbocycles. The van der Waals surface area contributed by atoms with Gasteiger partial charge in [0.2, 0.25) is 12.2 Å². The van der Waals surface area contributed by atoms with Crippen molar-refractivity contribution in [3.8, 4) is 22.6 Å². The lowest BCUT2D eigenvalue weighted by Gasteiger charge is -2.34. The van der Waals surface area contributed by atoms with E-state index >= 15 is 0 Å².